The van der Waals surface area contributed by atoms with E-state index in [9.17, 15) is 28.8 Å². The van der Waals surface area contributed by atoms with Crippen LogP contribution < -0.4 is 21.3 Å². The van der Waals surface area contributed by atoms with Gasteiger partial charge in [-0.1, -0.05) is 163 Å². The van der Waals surface area contributed by atoms with Gasteiger partial charge in [-0.15, -0.1) is 0 Å². The minimum atomic E-state index is -0.724. The maximum atomic E-state index is 13.6. The van der Waals surface area contributed by atoms with Crippen LogP contribution in [0.1, 0.15) is 88.5 Å². The first kappa shape index (κ1) is 48.7. The number of nitrogens with one attached hydrogen (secondary N) is 4. The molecule has 2 aliphatic heterocycles. The number of likely N-dealkylation sites (tertiary alicyclic amines) is 2. The van der Waals surface area contributed by atoms with Crippen molar-refractivity contribution in [2.75, 3.05) is 27.2 Å². The second-order valence-corrected chi connectivity index (χ2v) is 18.7. The van der Waals surface area contributed by atoms with Gasteiger partial charge in [-0.3, -0.25) is 28.8 Å². The molecule has 0 saturated carbocycles. The predicted octanol–water partition coefficient (Wildman–Crippen LogP) is 5.78. The summed E-state index contributed by atoms with van der Waals surface area (Å²) in [5.74, 6) is -1.47. The fraction of sp³-hybridized carbons (Fsp3) is 0.423. The summed E-state index contributed by atoms with van der Waals surface area (Å²) in [6.07, 6.45) is 2.16. The minimum Gasteiger partial charge on any atom is -0.357 e. The summed E-state index contributed by atoms with van der Waals surface area (Å²) >= 11 is 0. The molecule has 64 heavy (non-hydrogen) atoms. The number of nitrogens with zero attached hydrogens (tertiary/aromatic N) is 2. The molecule has 4 aromatic rings. The predicted molar refractivity (Wildman–Crippen MR) is 250 cm³/mol. The van der Waals surface area contributed by atoms with E-state index in [4.69, 9.17) is 0 Å². The van der Waals surface area contributed by atoms with Crippen LogP contribution in [-0.2, 0) is 41.6 Å². The van der Waals surface area contributed by atoms with Gasteiger partial charge in [0, 0.05) is 62.7 Å². The summed E-state index contributed by atoms with van der Waals surface area (Å²) < 4.78 is 0. The Bertz CT molecular complexity index is 2030. The van der Waals surface area contributed by atoms with E-state index < -0.39 is 35.0 Å². The smallest absolute Gasteiger partial charge is 0.244 e. The number of hydrogen-bond donors (Lipinski definition) is 4. The fourth-order valence-electron chi connectivity index (χ4n) is 8.63. The number of rotatable bonds is 12. The Balaban J connectivity index is 0.000000241. The van der Waals surface area contributed by atoms with Gasteiger partial charge in [0.1, 0.15) is 24.2 Å². The highest BCUT2D eigenvalue weighted by molar-refractivity contribution is 5.95. The number of carbonyl (C=O) groups is 6. The van der Waals surface area contributed by atoms with E-state index in [1.165, 1.54) is 0 Å². The molecule has 6 rings (SSSR count). The van der Waals surface area contributed by atoms with Crippen LogP contribution in [-0.4, -0.2) is 96.6 Å². The van der Waals surface area contributed by atoms with Crippen LogP contribution in [0.15, 0.2) is 121 Å². The van der Waals surface area contributed by atoms with Crippen LogP contribution in [0.3, 0.4) is 0 Å². The second-order valence-electron chi connectivity index (χ2n) is 18.7. The normalized spacial score (nSPS) is 19.3. The van der Waals surface area contributed by atoms with Crippen molar-refractivity contribution in [3.63, 3.8) is 0 Å². The molecule has 0 aliphatic carbocycles. The summed E-state index contributed by atoms with van der Waals surface area (Å²) in [5, 5.41) is 11.2. The van der Waals surface area contributed by atoms with Crippen LogP contribution in [0.2, 0.25) is 0 Å². The van der Waals surface area contributed by atoms with Crippen molar-refractivity contribution in [2.45, 2.75) is 103 Å². The molecule has 340 valence electrons. The Morgan fingerprint density at radius 3 is 1.08 bits per heavy atom. The van der Waals surface area contributed by atoms with Gasteiger partial charge in [-0.05, 0) is 35.1 Å². The minimum absolute atomic E-state index is 0.0596. The van der Waals surface area contributed by atoms with Crippen molar-refractivity contribution in [2.24, 2.45) is 10.8 Å². The van der Waals surface area contributed by atoms with Crippen molar-refractivity contribution in [3.05, 3.63) is 144 Å². The van der Waals surface area contributed by atoms with Crippen LogP contribution in [0.25, 0.3) is 0 Å². The van der Waals surface area contributed by atoms with Gasteiger partial charge in [-0.2, -0.15) is 0 Å². The third kappa shape index (κ3) is 12.4. The first-order valence-corrected chi connectivity index (χ1v) is 22.3. The number of hydrogen-bond acceptors (Lipinski definition) is 6. The van der Waals surface area contributed by atoms with Gasteiger partial charge >= 0.3 is 0 Å². The molecule has 4 N–H and O–H groups in total. The lowest BCUT2D eigenvalue weighted by Gasteiger charge is -2.33. The monoisotopic (exact) mass is 871 g/mol. The van der Waals surface area contributed by atoms with E-state index >= 15 is 0 Å². The lowest BCUT2D eigenvalue weighted by Crippen LogP contribution is -2.55. The zero-order chi connectivity index (χ0) is 46.6. The Morgan fingerprint density at radius 1 is 0.500 bits per heavy atom. The molecule has 6 amide bonds. The largest absolute Gasteiger partial charge is 0.357 e. The summed E-state index contributed by atoms with van der Waals surface area (Å²) in [6.45, 7) is 12.2. The molecule has 0 aromatic heterocycles. The van der Waals surface area contributed by atoms with Gasteiger partial charge in [0.05, 0.1) is 0 Å². The quantitative estimate of drug-likeness (QED) is 0.142. The van der Waals surface area contributed by atoms with Crippen LogP contribution in [0.5, 0.6) is 0 Å². The number of likely N-dealkylation sites (N-methyl/N-ethyl adjacent to an activating group) is 2. The number of carbonyl (C=O) groups excluding carboxylic acids is 6. The topological polar surface area (TPSA) is 157 Å². The van der Waals surface area contributed by atoms with Crippen molar-refractivity contribution in [1.29, 1.82) is 0 Å². The summed E-state index contributed by atoms with van der Waals surface area (Å²) in [5.41, 5.74) is 2.75. The Hall–Kier alpha value is -6.30. The Kier molecular flexibility index (Phi) is 16.6. The van der Waals surface area contributed by atoms with Crippen molar-refractivity contribution in [1.82, 2.24) is 31.1 Å². The van der Waals surface area contributed by atoms with Gasteiger partial charge in [0.25, 0.3) is 0 Å². The van der Waals surface area contributed by atoms with Crippen LogP contribution in [0, 0.1) is 10.8 Å². The SMILES string of the molecule is CNC(=O)[C@@H](Cc1ccccc1)NC(=O)[C@@H]1[C@@H](c2ccccc2)CCN1C(=O)C(C)(C)C.CNC(=O)[C@@H](Cc1ccccc1)NC(=O)[C@@H]1[C@@H](c2ccccc2)CCN1C(=O)C(C)(C)C. The van der Waals surface area contributed by atoms with Crippen LogP contribution >= 0.6 is 0 Å². The lowest BCUT2D eigenvalue weighted by molar-refractivity contribution is -0.145. The molecule has 0 spiro atoms. The van der Waals surface area contributed by atoms with E-state index in [1.807, 2.05) is 163 Å². The first-order valence-electron chi connectivity index (χ1n) is 22.3. The first-order chi connectivity index (χ1) is 30.4. The molecule has 6 atom stereocenters. The molecule has 2 aliphatic rings. The molecule has 0 unspecified atom stereocenters. The van der Waals surface area contributed by atoms with E-state index in [1.54, 1.807) is 23.9 Å². The number of amides is 6. The van der Waals surface area contributed by atoms with Crippen molar-refractivity contribution < 1.29 is 28.8 Å². The van der Waals surface area contributed by atoms with Gasteiger partial charge in [-0.25, -0.2) is 0 Å². The summed E-state index contributed by atoms with van der Waals surface area (Å²) in [4.78, 5) is 82.2. The lowest BCUT2D eigenvalue weighted by atomic mass is 9.89. The maximum Gasteiger partial charge on any atom is 0.244 e. The molecule has 12 heteroatoms. The second kappa shape index (κ2) is 21.9. The average molecular weight is 871 g/mol. The van der Waals surface area contributed by atoms with Gasteiger partial charge in [0.15, 0.2) is 0 Å². The fourth-order valence-corrected chi connectivity index (χ4v) is 8.63. The van der Waals surface area contributed by atoms with E-state index in [2.05, 4.69) is 21.3 Å². The molecular weight excluding hydrogens is 805 g/mol. The Labute approximate surface area is 379 Å². The number of benzene rings is 4. The van der Waals surface area contributed by atoms with Crippen LogP contribution in [0.4, 0.5) is 0 Å². The zero-order valence-electron chi connectivity index (χ0n) is 38.6. The highest BCUT2D eigenvalue weighted by Crippen LogP contribution is 2.38. The van der Waals surface area contributed by atoms with E-state index in [0.29, 0.717) is 38.8 Å². The third-order valence-corrected chi connectivity index (χ3v) is 11.9. The van der Waals surface area contributed by atoms with Crippen molar-refractivity contribution >= 4 is 35.4 Å². The molecular formula is C52H66N6O6. The highest BCUT2D eigenvalue weighted by Gasteiger charge is 2.47. The highest BCUT2D eigenvalue weighted by atomic mass is 16.2. The molecule has 12 nitrogen and oxygen atoms in total. The zero-order valence-corrected chi connectivity index (χ0v) is 38.6. The molecule has 2 heterocycles. The third-order valence-electron chi connectivity index (χ3n) is 11.9. The van der Waals surface area contributed by atoms with E-state index in [0.717, 1.165) is 22.3 Å². The average Bonchev–Trinajstić information content (AvgIpc) is 3.94. The standard InChI is InChI=1S/2C26H33N3O3/c2*1-26(2,3)25(32)29-16-15-20(19-13-9-6-10-14-19)22(29)24(31)28-21(23(30)27-4)17-18-11-7-5-8-12-18/h2*5-14,20-22H,15-17H2,1-4H3,(H,27,30)(H,28,31)/t2*20-,21-,22+/m11/s1. The summed E-state index contributed by atoms with van der Waals surface area (Å²) in [6, 6.07) is 36.1. The van der Waals surface area contributed by atoms with Gasteiger partial charge < -0.3 is 31.1 Å². The van der Waals surface area contributed by atoms with E-state index in [-0.39, 0.29) is 47.3 Å². The molecule has 4 aromatic carbocycles. The van der Waals surface area contributed by atoms with Crippen molar-refractivity contribution in [3.8, 4) is 0 Å². The molecule has 2 saturated heterocycles. The Morgan fingerprint density at radius 2 is 0.797 bits per heavy atom. The molecule has 0 radical (unpaired) electrons. The maximum absolute atomic E-state index is 13.6. The molecule has 2 fully saturated rings. The summed E-state index contributed by atoms with van der Waals surface area (Å²) in [7, 11) is 3.12. The van der Waals surface area contributed by atoms with Gasteiger partial charge in [0.2, 0.25) is 35.4 Å². The molecule has 0 bridgehead atoms.